The summed E-state index contributed by atoms with van der Waals surface area (Å²) in [6.45, 7) is 1.48. The minimum absolute atomic E-state index is 0.0705. The van der Waals surface area contributed by atoms with Gasteiger partial charge in [0.05, 0.1) is 29.7 Å². The monoisotopic (exact) mass is 421 g/mol. The smallest absolute Gasteiger partial charge is 0.277 e. The zero-order chi connectivity index (χ0) is 21.8. The van der Waals surface area contributed by atoms with Crippen LogP contribution in [0.2, 0.25) is 0 Å². The first-order valence-electron chi connectivity index (χ1n) is 10.1. The molecule has 3 heterocycles. The predicted molar refractivity (Wildman–Crippen MR) is 115 cm³/mol. The van der Waals surface area contributed by atoms with E-state index in [4.69, 9.17) is 5.73 Å². The molecular formula is C21H23N7O3. The van der Waals surface area contributed by atoms with E-state index in [0.29, 0.717) is 23.1 Å². The van der Waals surface area contributed by atoms with Crippen LogP contribution in [0, 0.1) is 5.92 Å². The summed E-state index contributed by atoms with van der Waals surface area (Å²) < 4.78 is 1.19. The highest BCUT2D eigenvalue weighted by molar-refractivity contribution is 5.90. The van der Waals surface area contributed by atoms with Crippen molar-refractivity contribution < 1.29 is 9.59 Å². The van der Waals surface area contributed by atoms with E-state index in [2.05, 4.69) is 20.6 Å². The van der Waals surface area contributed by atoms with E-state index < -0.39 is 0 Å². The number of aryl methyl sites for hydroxylation is 1. The SMILES string of the molecule is NC(=O)C1CCCN(c2ccc(NC(=O)CCn3nnc4ccccc4c3=O)cn2)C1. The highest BCUT2D eigenvalue weighted by Gasteiger charge is 2.24. The van der Waals surface area contributed by atoms with Gasteiger partial charge >= 0.3 is 0 Å². The van der Waals surface area contributed by atoms with Gasteiger partial charge in [0.2, 0.25) is 11.8 Å². The second-order valence-corrected chi connectivity index (χ2v) is 7.53. The maximum absolute atomic E-state index is 12.4. The van der Waals surface area contributed by atoms with Crippen molar-refractivity contribution in [3.63, 3.8) is 0 Å². The Morgan fingerprint density at radius 3 is 2.81 bits per heavy atom. The number of anilines is 2. The number of nitrogens with one attached hydrogen (secondary N) is 1. The van der Waals surface area contributed by atoms with E-state index in [9.17, 15) is 14.4 Å². The first kappa shape index (κ1) is 20.5. The van der Waals surface area contributed by atoms with Gasteiger partial charge in [0.15, 0.2) is 0 Å². The standard InChI is InChI=1S/C21H23N7O3/c22-20(30)14-4-3-10-27(13-14)18-8-7-15(12-23-18)24-19(29)9-11-28-21(31)16-5-1-2-6-17(16)25-26-28/h1-2,5-8,12,14H,3-4,9-11,13H2,(H2,22,30)(H,24,29). The zero-order valence-electron chi connectivity index (χ0n) is 16.9. The van der Waals surface area contributed by atoms with E-state index >= 15 is 0 Å². The predicted octanol–water partition coefficient (Wildman–Crippen LogP) is 0.917. The summed E-state index contributed by atoms with van der Waals surface area (Å²) in [5.74, 6) is 0.0189. The van der Waals surface area contributed by atoms with E-state index in [1.165, 1.54) is 4.68 Å². The molecule has 0 saturated carbocycles. The number of rotatable bonds is 6. The van der Waals surface area contributed by atoms with Crippen LogP contribution < -0.4 is 21.5 Å². The van der Waals surface area contributed by atoms with Crippen LogP contribution in [0.25, 0.3) is 10.9 Å². The van der Waals surface area contributed by atoms with Crippen molar-refractivity contribution in [3.8, 4) is 0 Å². The van der Waals surface area contributed by atoms with E-state index in [1.807, 2.05) is 4.90 Å². The molecule has 4 rings (SSSR count). The molecule has 1 aliphatic rings. The lowest BCUT2D eigenvalue weighted by Crippen LogP contribution is -2.41. The van der Waals surface area contributed by atoms with E-state index in [-0.39, 0.29) is 36.3 Å². The fourth-order valence-electron chi connectivity index (χ4n) is 3.67. The number of benzene rings is 1. The van der Waals surface area contributed by atoms with Crippen LogP contribution in [-0.2, 0) is 16.1 Å². The Morgan fingerprint density at radius 1 is 1.19 bits per heavy atom. The van der Waals surface area contributed by atoms with Crippen LogP contribution in [0.4, 0.5) is 11.5 Å². The molecule has 3 N–H and O–H groups in total. The van der Waals surface area contributed by atoms with Gasteiger partial charge in [-0.3, -0.25) is 14.4 Å². The van der Waals surface area contributed by atoms with E-state index in [0.717, 1.165) is 25.2 Å². The maximum Gasteiger partial charge on any atom is 0.277 e. The summed E-state index contributed by atoms with van der Waals surface area (Å²) in [7, 11) is 0. The van der Waals surface area contributed by atoms with Crippen LogP contribution in [0.15, 0.2) is 47.4 Å². The summed E-state index contributed by atoms with van der Waals surface area (Å²) >= 11 is 0. The molecule has 2 aromatic heterocycles. The molecule has 2 amide bonds. The Hall–Kier alpha value is -3.82. The zero-order valence-corrected chi connectivity index (χ0v) is 16.9. The third-order valence-electron chi connectivity index (χ3n) is 5.36. The van der Waals surface area contributed by atoms with Gasteiger partial charge < -0.3 is 16.0 Å². The molecule has 160 valence electrons. The summed E-state index contributed by atoms with van der Waals surface area (Å²) in [6.07, 6.45) is 3.32. The van der Waals surface area contributed by atoms with Crippen molar-refractivity contribution in [3.05, 3.63) is 52.9 Å². The number of hydrogen-bond donors (Lipinski definition) is 2. The molecular weight excluding hydrogens is 398 g/mol. The van der Waals surface area contributed by atoms with Gasteiger partial charge in [-0.15, -0.1) is 5.10 Å². The van der Waals surface area contributed by atoms with Gasteiger partial charge in [-0.1, -0.05) is 17.3 Å². The summed E-state index contributed by atoms with van der Waals surface area (Å²) in [6, 6.07) is 10.5. The van der Waals surface area contributed by atoms with Crippen LogP contribution in [0.1, 0.15) is 19.3 Å². The van der Waals surface area contributed by atoms with Crippen molar-refractivity contribution in [2.75, 3.05) is 23.3 Å². The highest BCUT2D eigenvalue weighted by atomic mass is 16.2. The average molecular weight is 421 g/mol. The number of carbonyl (C=O) groups excluding carboxylic acids is 2. The lowest BCUT2D eigenvalue weighted by atomic mass is 9.97. The number of amides is 2. The molecule has 0 bridgehead atoms. The molecule has 3 aromatic rings. The van der Waals surface area contributed by atoms with E-state index in [1.54, 1.807) is 42.6 Å². The molecule has 31 heavy (non-hydrogen) atoms. The van der Waals surface area contributed by atoms with Crippen molar-refractivity contribution in [1.29, 1.82) is 0 Å². The Kier molecular flexibility index (Phi) is 5.87. The van der Waals surface area contributed by atoms with Crippen molar-refractivity contribution in [2.45, 2.75) is 25.8 Å². The number of fused-ring (bicyclic) bond motifs is 1. The van der Waals surface area contributed by atoms with Gasteiger partial charge in [0.25, 0.3) is 5.56 Å². The van der Waals surface area contributed by atoms with Crippen molar-refractivity contribution >= 4 is 34.2 Å². The van der Waals surface area contributed by atoms with Crippen molar-refractivity contribution in [1.82, 2.24) is 20.0 Å². The first-order chi connectivity index (χ1) is 15.0. The largest absolute Gasteiger partial charge is 0.369 e. The normalized spacial score (nSPS) is 16.3. The Labute approximate surface area is 178 Å². The van der Waals surface area contributed by atoms with Crippen molar-refractivity contribution in [2.24, 2.45) is 11.7 Å². The number of hydrogen-bond acceptors (Lipinski definition) is 7. The Morgan fingerprint density at radius 2 is 2.03 bits per heavy atom. The first-order valence-corrected chi connectivity index (χ1v) is 10.1. The number of pyridine rings is 1. The summed E-state index contributed by atoms with van der Waals surface area (Å²) in [5, 5.41) is 11.1. The third kappa shape index (κ3) is 4.68. The summed E-state index contributed by atoms with van der Waals surface area (Å²) in [5.41, 5.74) is 6.23. The number of nitrogens with zero attached hydrogens (tertiary/aromatic N) is 5. The molecule has 0 aliphatic carbocycles. The van der Waals surface area contributed by atoms with Gasteiger partial charge in [0, 0.05) is 19.5 Å². The fraction of sp³-hybridized carbons (Fsp3) is 0.333. The third-order valence-corrected chi connectivity index (χ3v) is 5.36. The lowest BCUT2D eigenvalue weighted by molar-refractivity contribution is -0.122. The van der Waals surface area contributed by atoms with Gasteiger partial charge in [0.1, 0.15) is 11.3 Å². The fourth-order valence-corrected chi connectivity index (χ4v) is 3.67. The number of aromatic nitrogens is 4. The lowest BCUT2D eigenvalue weighted by Gasteiger charge is -2.32. The number of primary amides is 1. The molecule has 0 spiro atoms. The summed E-state index contributed by atoms with van der Waals surface area (Å²) in [4.78, 5) is 42.6. The molecule has 1 atom stereocenters. The molecule has 1 aromatic carbocycles. The second kappa shape index (κ2) is 8.90. The second-order valence-electron chi connectivity index (χ2n) is 7.53. The van der Waals surface area contributed by atoms with Crippen LogP contribution >= 0.6 is 0 Å². The number of carbonyl (C=O) groups is 2. The Balaban J connectivity index is 1.34. The highest BCUT2D eigenvalue weighted by Crippen LogP contribution is 2.22. The molecule has 1 saturated heterocycles. The Bertz CT molecular complexity index is 1160. The van der Waals surface area contributed by atoms with Crippen LogP contribution in [0.5, 0.6) is 0 Å². The molecule has 0 radical (unpaired) electrons. The van der Waals surface area contributed by atoms with Crippen LogP contribution in [0.3, 0.4) is 0 Å². The maximum atomic E-state index is 12.4. The number of piperidine rings is 1. The molecule has 10 nitrogen and oxygen atoms in total. The molecule has 1 unspecified atom stereocenters. The molecule has 1 aliphatic heterocycles. The average Bonchev–Trinajstić information content (AvgIpc) is 2.79. The van der Waals surface area contributed by atoms with Gasteiger partial charge in [-0.25, -0.2) is 9.67 Å². The number of nitrogens with two attached hydrogens (primary N) is 1. The molecule has 10 heteroatoms. The molecule has 1 fully saturated rings. The van der Waals surface area contributed by atoms with Gasteiger partial charge in [-0.05, 0) is 37.1 Å². The quantitative estimate of drug-likeness (QED) is 0.604. The minimum Gasteiger partial charge on any atom is -0.369 e. The van der Waals surface area contributed by atoms with Crippen LogP contribution in [-0.4, -0.2) is 44.9 Å². The minimum atomic E-state index is -0.288. The van der Waals surface area contributed by atoms with Gasteiger partial charge in [-0.2, -0.15) is 0 Å². The topological polar surface area (TPSA) is 136 Å².